The van der Waals surface area contributed by atoms with Crippen LogP contribution in [0.1, 0.15) is 15.4 Å². The standard InChI is InChI=1S/C19H18N4O5S3/c1-13-17(30-18(20-13)14-6-11-29-12-14)19(24)21-7-9-22(10-8-21)31(27,28)16-5-3-2-4-15(16)23(25)26/h2-6,11-12H,7-10H2,1H3. The number of hydrogen-bond donors (Lipinski definition) is 0. The van der Waals surface area contributed by atoms with Crippen LogP contribution in [-0.2, 0) is 10.0 Å². The van der Waals surface area contributed by atoms with E-state index in [2.05, 4.69) is 4.98 Å². The van der Waals surface area contributed by atoms with Gasteiger partial charge in [0.15, 0.2) is 4.90 Å². The summed E-state index contributed by atoms with van der Waals surface area (Å²) in [5.74, 6) is -0.181. The Morgan fingerprint density at radius 1 is 1.16 bits per heavy atom. The first kappa shape index (κ1) is 21.6. The van der Waals surface area contributed by atoms with Crippen molar-refractivity contribution in [3.05, 3.63) is 61.8 Å². The summed E-state index contributed by atoms with van der Waals surface area (Å²) >= 11 is 2.88. The number of benzene rings is 1. The Bertz CT molecular complexity index is 1230. The molecular weight excluding hydrogens is 460 g/mol. The fourth-order valence-corrected chi connectivity index (χ4v) is 6.67. The van der Waals surface area contributed by atoms with Crippen molar-refractivity contribution in [2.75, 3.05) is 26.2 Å². The van der Waals surface area contributed by atoms with Gasteiger partial charge in [-0.15, -0.1) is 11.3 Å². The molecule has 0 aliphatic carbocycles. The van der Waals surface area contributed by atoms with E-state index >= 15 is 0 Å². The Morgan fingerprint density at radius 2 is 1.87 bits per heavy atom. The van der Waals surface area contributed by atoms with E-state index in [0.29, 0.717) is 10.6 Å². The largest absolute Gasteiger partial charge is 0.335 e. The van der Waals surface area contributed by atoms with E-state index in [-0.39, 0.29) is 37.0 Å². The molecule has 1 amide bonds. The fraction of sp³-hybridized carbons (Fsp3) is 0.263. The minimum atomic E-state index is -4.04. The van der Waals surface area contributed by atoms with Crippen molar-refractivity contribution in [2.45, 2.75) is 11.8 Å². The second kappa shape index (κ2) is 8.46. The predicted molar refractivity (Wildman–Crippen MR) is 118 cm³/mol. The molecule has 0 atom stereocenters. The van der Waals surface area contributed by atoms with Gasteiger partial charge >= 0.3 is 0 Å². The number of carbonyl (C=O) groups is 1. The number of carbonyl (C=O) groups excluding carboxylic acids is 1. The number of para-hydroxylation sites is 1. The Balaban J connectivity index is 1.49. The quantitative estimate of drug-likeness (QED) is 0.411. The first-order valence-corrected chi connectivity index (χ1v) is 12.5. The summed E-state index contributed by atoms with van der Waals surface area (Å²) in [6.07, 6.45) is 0. The number of nitrogens with zero attached hydrogens (tertiary/aromatic N) is 4. The zero-order valence-electron chi connectivity index (χ0n) is 16.4. The van der Waals surface area contributed by atoms with Crippen molar-refractivity contribution in [3.8, 4) is 10.6 Å². The lowest BCUT2D eigenvalue weighted by molar-refractivity contribution is -0.387. The summed E-state index contributed by atoms with van der Waals surface area (Å²) in [5, 5.41) is 15.9. The highest BCUT2D eigenvalue weighted by atomic mass is 32.2. The van der Waals surface area contributed by atoms with Gasteiger partial charge in [-0.25, -0.2) is 13.4 Å². The van der Waals surface area contributed by atoms with Gasteiger partial charge in [0.1, 0.15) is 9.88 Å². The second-order valence-corrected chi connectivity index (χ2v) is 10.6. The van der Waals surface area contributed by atoms with Crippen LogP contribution in [0.15, 0.2) is 46.0 Å². The number of hydrogen-bond acceptors (Lipinski definition) is 8. The lowest BCUT2D eigenvalue weighted by Crippen LogP contribution is -2.50. The summed E-state index contributed by atoms with van der Waals surface area (Å²) in [7, 11) is -4.04. The Morgan fingerprint density at radius 3 is 2.52 bits per heavy atom. The van der Waals surface area contributed by atoms with Crippen LogP contribution < -0.4 is 0 Å². The maximum Gasteiger partial charge on any atom is 0.289 e. The third kappa shape index (κ3) is 4.11. The number of piperazine rings is 1. The van der Waals surface area contributed by atoms with E-state index in [9.17, 15) is 23.3 Å². The molecule has 4 rings (SSSR count). The molecule has 1 aromatic carbocycles. The Labute approximate surface area is 186 Å². The highest BCUT2D eigenvalue weighted by Crippen LogP contribution is 2.31. The van der Waals surface area contributed by atoms with Crippen LogP contribution >= 0.6 is 22.7 Å². The summed E-state index contributed by atoms with van der Waals surface area (Å²) in [5.41, 5.74) is 1.16. The number of thiophene rings is 1. The normalized spacial score (nSPS) is 15.2. The molecule has 0 saturated carbocycles. The van der Waals surface area contributed by atoms with Crippen molar-refractivity contribution in [1.29, 1.82) is 0 Å². The molecule has 3 aromatic rings. The molecule has 162 valence electrons. The highest BCUT2D eigenvalue weighted by Gasteiger charge is 2.35. The van der Waals surface area contributed by atoms with Crippen LogP contribution in [0.4, 0.5) is 5.69 Å². The second-order valence-electron chi connectivity index (χ2n) is 6.87. The first-order valence-electron chi connectivity index (χ1n) is 9.32. The van der Waals surface area contributed by atoms with Crippen LogP contribution in [0, 0.1) is 17.0 Å². The van der Waals surface area contributed by atoms with Gasteiger partial charge in [-0.05, 0) is 24.4 Å². The number of amides is 1. The smallest absolute Gasteiger partial charge is 0.289 e. The van der Waals surface area contributed by atoms with Crippen LogP contribution in [0.2, 0.25) is 0 Å². The van der Waals surface area contributed by atoms with E-state index < -0.39 is 20.6 Å². The van der Waals surface area contributed by atoms with Crippen molar-refractivity contribution >= 4 is 44.3 Å². The molecule has 12 heteroatoms. The zero-order chi connectivity index (χ0) is 22.2. The number of aromatic nitrogens is 1. The monoisotopic (exact) mass is 478 g/mol. The molecule has 0 radical (unpaired) electrons. The fourth-order valence-electron chi connectivity index (χ4n) is 3.34. The molecule has 9 nitrogen and oxygen atoms in total. The average Bonchev–Trinajstić information content (AvgIpc) is 3.43. The average molecular weight is 479 g/mol. The first-order chi connectivity index (χ1) is 14.8. The van der Waals surface area contributed by atoms with Gasteiger partial charge < -0.3 is 4.90 Å². The minimum Gasteiger partial charge on any atom is -0.335 e. The van der Waals surface area contributed by atoms with Gasteiger partial charge in [0.2, 0.25) is 10.0 Å². The van der Waals surface area contributed by atoms with Crippen molar-refractivity contribution in [3.63, 3.8) is 0 Å². The molecule has 2 aromatic heterocycles. The van der Waals surface area contributed by atoms with E-state index in [1.165, 1.54) is 39.9 Å². The van der Waals surface area contributed by atoms with Crippen molar-refractivity contribution in [2.24, 2.45) is 0 Å². The minimum absolute atomic E-state index is 0.0648. The maximum atomic E-state index is 13.0. The molecular formula is C19H18N4O5S3. The lowest BCUT2D eigenvalue weighted by atomic mass is 10.3. The molecule has 1 saturated heterocycles. The molecule has 1 aliphatic heterocycles. The summed E-state index contributed by atoms with van der Waals surface area (Å²) in [6, 6.07) is 7.23. The van der Waals surface area contributed by atoms with Gasteiger partial charge in [-0.2, -0.15) is 15.6 Å². The van der Waals surface area contributed by atoms with Crippen LogP contribution in [-0.4, -0.2) is 59.6 Å². The van der Waals surface area contributed by atoms with Gasteiger partial charge in [0.05, 0.1) is 10.6 Å². The molecule has 1 aliphatic rings. The Kier molecular flexibility index (Phi) is 5.88. The van der Waals surface area contributed by atoms with Crippen molar-refractivity contribution in [1.82, 2.24) is 14.2 Å². The number of aryl methyl sites for hydroxylation is 1. The summed E-state index contributed by atoms with van der Waals surface area (Å²) in [4.78, 5) is 29.8. The Hall–Kier alpha value is -2.67. The number of thiazole rings is 1. The summed E-state index contributed by atoms with van der Waals surface area (Å²) in [6.45, 7) is 2.31. The van der Waals surface area contributed by atoms with Gasteiger partial charge in [-0.1, -0.05) is 12.1 Å². The van der Waals surface area contributed by atoms with Crippen LogP contribution in [0.3, 0.4) is 0 Å². The molecule has 31 heavy (non-hydrogen) atoms. The topological polar surface area (TPSA) is 114 Å². The van der Waals surface area contributed by atoms with Gasteiger partial charge in [0.25, 0.3) is 11.6 Å². The number of rotatable bonds is 5. The van der Waals surface area contributed by atoms with E-state index in [0.717, 1.165) is 10.6 Å². The van der Waals surface area contributed by atoms with Crippen molar-refractivity contribution < 1.29 is 18.1 Å². The van der Waals surface area contributed by atoms with Crippen LogP contribution in [0.25, 0.3) is 10.6 Å². The number of nitro groups is 1. The van der Waals surface area contributed by atoms with Gasteiger partial charge in [-0.3, -0.25) is 14.9 Å². The molecule has 3 heterocycles. The molecule has 0 N–H and O–H groups in total. The van der Waals surface area contributed by atoms with Gasteiger partial charge in [0, 0.05) is 43.2 Å². The number of nitro benzene ring substituents is 1. The predicted octanol–water partition coefficient (Wildman–Crippen LogP) is 3.23. The maximum absolute atomic E-state index is 13.0. The third-order valence-electron chi connectivity index (χ3n) is 4.96. The van der Waals surface area contributed by atoms with E-state index in [1.54, 1.807) is 23.2 Å². The highest BCUT2D eigenvalue weighted by molar-refractivity contribution is 7.89. The van der Waals surface area contributed by atoms with E-state index in [1.807, 2.05) is 16.8 Å². The molecule has 0 bridgehead atoms. The molecule has 0 unspecified atom stereocenters. The SMILES string of the molecule is Cc1nc(-c2ccsc2)sc1C(=O)N1CCN(S(=O)(=O)c2ccccc2[N+](=O)[O-])CC1. The van der Waals surface area contributed by atoms with E-state index in [4.69, 9.17) is 0 Å². The lowest BCUT2D eigenvalue weighted by Gasteiger charge is -2.33. The number of sulfonamides is 1. The van der Waals surface area contributed by atoms with Crippen LogP contribution in [0.5, 0.6) is 0 Å². The zero-order valence-corrected chi connectivity index (χ0v) is 18.9. The molecule has 0 spiro atoms. The summed E-state index contributed by atoms with van der Waals surface area (Å²) < 4.78 is 27.1. The molecule has 1 fully saturated rings. The third-order valence-corrected chi connectivity index (χ3v) is 8.79.